The first kappa shape index (κ1) is 18.9. The van der Waals surface area contributed by atoms with E-state index in [4.69, 9.17) is 0 Å². The number of hydrogen-bond acceptors (Lipinski definition) is 2. The van der Waals surface area contributed by atoms with Gasteiger partial charge < -0.3 is 9.80 Å². The zero-order valence-corrected chi connectivity index (χ0v) is 16.6. The average Bonchev–Trinajstić information content (AvgIpc) is 3.30. The van der Waals surface area contributed by atoms with E-state index in [0.29, 0.717) is 6.04 Å². The number of likely N-dealkylation sites (tertiary alicyclic amines) is 1. The monoisotopic (exact) mass is 374 g/mol. The van der Waals surface area contributed by atoms with Crippen molar-refractivity contribution in [1.29, 1.82) is 0 Å². The molecule has 0 unspecified atom stereocenters. The summed E-state index contributed by atoms with van der Waals surface area (Å²) in [6, 6.07) is 21.3. The Morgan fingerprint density at radius 2 is 1.64 bits per heavy atom. The summed E-state index contributed by atoms with van der Waals surface area (Å²) in [5, 5.41) is 0. The van der Waals surface area contributed by atoms with E-state index < -0.39 is 0 Å². The molecule has 3 nitrogen and oxygen atoms in total. The Labute approximate surface area is 168 Å². The fourth-order valence-electron chi connectivity index (χ4n) is 4.44. The van der Waals surface area contributed by atoms with Crippen molar-refractivity contribution in [2.24, 2.45) is 0 Å². The van der Waals surface area contributed by atoms with Crippen molar-refractivity contribution in [3.63, 3.8) is 0 Å². The maximum Gasteiger partial charge on any atom is 0.254 e. The minimum atomic E-state index is 0.228. The number of carbonyl (C=O) groups excluding carboxylic acids is 1. The number of para-hydroxylation sites is 1. The van der Waals surface area contributed by atoms with Crippen LogP contribution >= 0.6 is 0 Å². The topological polar surface area (TPSA) is 23.6 Å². The molecule has 1 aliphatic heterocycles. The summed E-state index contributed by atoms with van der Waals surface area (Å²) in [5.41, 5.74) is 3.46. The van der Waals surface area contributed by atoms with Crippen LogP contribution in [0, 0.1) is 0 Å². The molecule has 0 spiro atoms. The third kappa shape index (κ3) is 4.53. The van der Waals surface area contributed by atoms with Crippen LogP contribution in [0.4, 0.5) is 5.69 Å². The molecular formula is C25H30N2O. The molecule has 1 heterocycles. The van der Waals surface area contributed by atoms with Crippen LogP contribution in [0.3, 0.4) is 0 Å². The van der Waals surface area contributed by atoms with Crippen molar-refractivity contribution in [3.8, 4) is 0 Å². The second-order valence-corrected chi connectivity index (χ2v) is 7.94. The second kappa shape index (κ2) is 9.20. The number of benzene rings is 2. The number of allylic oxidation sites excluding steroid dienone is 1. The standard InChI is InChI=1S/C25H30N2O/c28-25(22-11-7-8-12-22)27(23-13-5-2-6-14-23)24-16-19-26(20-17-24)18-15-21-9-3-1-4-10-21/h1-6,9-11,13-14,24H,7-8,12,15-20H2. The Morgan fingerprint density at radius 3 is 2.29 bits per heavy atom. The number of hydrogen-bond donors (Lipinski definition) is 0. The molecule has 1 aliphatic carbocycles. The lowest BCUT2D eigenvalue weighted by Gasteiger charge is -2.39. The van der Waals surface area contributed by atoms with Crippen molar-refractivity contribution in [2.45, 2.75) is 44.6 Å². The third-order valence-electron chi connectivity index (χ3n) is 6.05. The summed E-state index contributed by atoms with van der Waals surface area (Å²) >= 11 is 0. The molecule has 28 heavy (non-hydrogen) atoms. The Kier molecular flexibility index (Phi) is 6.23. The number of anilines is 1. The SMILES string of the molecule is O=C(C1=CCCC1)N(c1ccccc1)C1CCN(CCc2ccccc2)CC1. The lowest BCUT2D eigenvalue weighted by molar-refractivity contribution is -0.115. The number of nitrogens with zero attached hydrogens (tertiary/aromatic N) is 2. The molecule has 1 saturated heterocycles. The van der Waals surface area contributed by atoms with Crippen molar-refractivity contribution in [1.82, 2.24) is 4.90 Å². The molecule has 2 aliphatic rings. The van der Waals surface area contributed by atoms with Crippen molar-refractivity contribution >= 4 is 11.6 Å². The van der Waals surface area contributed by atoms with Crippen molar-refractivity contribution in [3.05, 3.63) is 77.9 Å². The molecule has 0 radical (unpaired) electrons. The molecule has 0 bridgehead atoms. The molecule has 2 aromatic rings. The predicted octanol–water partition coefficient (Wildman–Crippen LogP) is 4.84. The van der Waals surface area contributed by atoms with Crippen LogP contribution in [0.15, 0.2) is 72.3 Å². The van der Waals surface area contributed by atoms with Gasteiger partial charge in [0, 0.05) is 36.9 Å². The molecule has 3 heteroatoms. The van der Waals surface area contributed by atoms with E-state index in [1.165, 1.54) is 5.56 Å². The van der Waals surface area contributed by atoms with Gasteiger partial charge in [0.1, 0.15) is 0 Å². The Hall–Kier alpha value is -2.39. The zero-order valence-electron chi connectivity index (χ0n) is 16.6. The maximum atomic E-state index is 13.3. The fraction of sp³-hybridized carbons (Fsp3) is 0.400. The van der Waals surface area contributed by atoms with Gasteiger partial charge in [0.15, 0.2) is 0 Å². The molecule has 146 valence electrons. The van der Waals surface area contributed by atoms with Gasteiger partial charge in [-0.2, -0.15) is 0 Å². The van der Waals surface area contributed by atoms with E-state index in [1.54, 1.807) is 0 Å². The summed E-state index contributed by atoms with van der Waals surface area (Å²) < 4.78 is 0. The lowest BCUT2D eigenvalue weighted by atomic mass is 10.00. The summed E-state index contributed by atoms with van der Waals surface area (Å²) in [4.78, 5) is 17.9. The van der Waals surface area contributed by atoms with Crippen LogP contribution in [0.25, 0.3) is 0 Å². The van der Waals surface area contributed by atoms with Crippen molar-refractivity contribution in [2.75, 3.05) is 24.5 Å². The number of amides is 1. The van der Waals surface area contributed by atoms with E-state index >= 15 is 0 Å². The zero-order chi connectivity index (χ0) is 19.2. The Balaban J connectivity index is 1.40. The minimum absolute atomic E-state index is 0.228. The van der Waals surface area contributed by atoms with E-state index in [0.717, 1.165) is 69.4 Å². The first-order valence-electron chi connectivity index (χ1n) is 10.7. The quantitative estimate of drug-likeness (QED) is 0.722. The predicted molar refractivity (Wildman–Crippen MR) is 115 cm³/mol. The fourth-order valence-corrected chi connectivity index (χ4v) is 4.44. The van der Waals surface area contributed by atoms with Gasteiger partial charge in [0.2, 0.25) is 0 Å². The Bertz CT molecular complexity index is 792. The molecular weight excluding hydrogens is 344 g/mol. The largest absolute Gasteiger partial charge is 0.306 e. The molecule has 4 rings (SSSR count). The second-order valence-electron chi connectivity index (χ2n) is 7.94. The highest BCUT2D eigenvalue weighted by Gasteiger charge is 2.31. The molecule has 0 N–H and O–H groups in total. The summed E-state index contributed by atoms with van der Waals surface area (Å²) in [6.07, 6.45) is 8.42. The van der Waals surface area contributed by atoms with E-state index in [2.05, 4.69) is 58.3 Å². The van der Waals surface area contributed by atoms with Crippen LogP contribution in [-0.4, -0.2) is 36.5 Å². The number of piperidine rings is 1. The highest BCUT2D eigenvalue weighted by Crippen LogP contribution is 2.28. The van der Waals surface area contributed by atoms with Gasteiger partial charge in [-0.3, -0.25) is 4.79 Å². The highest BCUT2D eigenvalue weighted by atomic mass is 16.2. The van der Waals surface area contributed by atoms with Crippen molar-refractivity contribution < 1.29 is 4.79 Å². The number of carbonyl (C=O) groups is 1. The molecule has 1 fully saturated rings. The number of rotatable bonds is 6. The summed E-state index contributed by atoms with van der Waals surface area (Å²) in [5.74, 6) is 0.228. The Morgan fingerprint density at radius 1 is 0.964 bits per heavy atom. The van der Waals surface area contributed by atoms with Gasteiger partial charge in [-0.25, -0.2) is 0 Å². The molecule has 2 aromatic carbocycles. The van der Waals surface area contributed by atoms with Crippen LogP contribution < -0.4 is 4.90 Å². The van der Waals surface area contributed by atoms with E-state index in [1.807, 2.05) is 18.2 Å². The first-order chi connectivity index (χ1) is 13.8. The normalized spacial score (nSPS) is 18.1. The molecule has 1 amide bonds. The maximum absolute atomic E-state index is 13.3. The molecule has 0 atom stereocenters. The van der Waals surface area contributed by atoms with Gasteiger partial charge in [-0.1, -0.05) is 54.6 Å². The highest BCUT2D eigenvalue weighted by molar-refractivity contribution is 6.06. The van der Waals surface area contributed by atoms with Crippen LogP contribution in [0.5, 0.6) is 0 Å². The van der Waals surface area contributed by atoms with E-state index in [9.17, 15) is 4.79 Å². The van der Waals surface area contributed by atoms with Gasteiger partial charge in [-0.05, 0) is 56.2 Å². The molecule has 0 aromatic heterocycles. The third-order valence-corrected chi connectivity index (χ3v) is 6.05. The van der Waals surface area contributed by atoms with Crippen LogP contribution in [-0.2, 0) is 11.2 Å². The molecule has 0 saturated carbocycles. The summed E-state index contributed by atoms with van der Waals surface area (Å²) in [6.45, 7) is 3.22. The van der Waals surface area contributed by atoms with Gasteiger partial charge in [0.25, 0.3) is 5.91 Å². The summed E-state index contributed by atoms with van der Waals surface area (Å²) in [7, 11) is 0. The lowest BCUT2D eigenvalue weighted by Crippen LogP contribution is -2.48. The van der Waals surface area contributed by atoms with Crippen LogP contribution in [0.1, 0.15) is 37.7 Å². The van der Waals surface area contributed by atoms with Gasteiger partial charge in [-0.15, -0.1) is 0 Å². The smallest absolute Gasteiger partial charge is 0.254 e. The van der Waals surface area contributed by atoms with Gasteiger partial charge in [0.05, 0.1) is 0 Å². The van der Waals surface area contributed by atoms with Crippen LogP contribution in [0.2, 0.25) is 0 Å². The van der Waals surface area contributed by atoms with Gasteiger partial charge >= 0.3 is 0 Å². The first-order valence-corrected chi connectivity index (χ1v) is 10.7. The average molecular weight is 375 g/mol. The van der Waals surface area contributed by atoms with E-state index in [-0.39, 0.29) is 5.91 Å². The minimum Gasteiger partial charge on any atom is -0.306 e.